The molecule has 3 nitrogen and oxygen atoms in total. The number of carboxylic acid groups (broad SMARTS) is 1. The van der Waals surface area contributed by atoms with Crippen LogP contribution in [0.1, 0.15) is 22.8 Å². The van der Waals surface area contributed by atoms with Gasteiger partial charge in [-0.2, -0.15) is 11.8 Å². The molecule has 1 aromatic rings. The Hall–Kier alpha value is -1.00. The maximum absolute atomic E-state index is 11.0. The molecule has 1 atom stereocenters. The molecular formula is C13H19NO2S. The van der Waals surface area contributed by atoms with E-state index >= 15 is 0 Å². The number of aromatic carboxylic acids is 1. The summed E-state index contributed by atoms with van der Waals surface area (Å²) in [5.74, 6) is 0.856. The Morgan fingerprint density at radius 1 is 1.47 bits per heavy atom. The summed E-state index contributed by atoms with van der Waals surface area (Å²) in [5, 5.41) is 12.3. The zero-order valence-electron chi connectivity index (χ0n) is 10.3. The van der Waals surface area contributed by atoms with Crippen molar-refractivity contribution in [3.05, 3.63) is 35.4 Å². The Balaban J connectivity index is 2.49. The SMILES string of the molecule is CSCC(C)CNCc1ccccc1C(=O)O. The highest BCUT2D eigenvalue weighted by Crippen LogP contribution is 2.09. The van der Waals surface area contributed by atoms with Crippen molar-refractivity contribution >= 4 is 17.7 Å². The van der Waals surface area contributed by atoms with Gasteiger partial charge in [-0.3, -0.25) is 0 Å². The number of carboxylic acids is 1. The molecule has 94 valence electrons. The van der Waals surface area contributed by atoms with Crippen molar-refractivity contribution < 1.29 is 9.90 Å². The van der Waals surface area contributed by atoms with Crippen molar-refractivity contribution in [2.45, 2.75) is 13.5 Å². The minimum Gasteiger partial charge on any atom is -0.478 e. The molecule has 0 aliphatic rings. The van der Waals surface area contributed by atoms with E-state index in [9.17, 15) is 4.79 Å². The van der Waals surface area contributed by atoms with E-state index in [-0.39, 0.29) is 0 Å². The van der Waals surface area contributed by atoms with Gasteiger partial charge in [-0.15, -0.1) is 0 Å². The maximum atomic E-state index is 11.0. The topological polar surface area (TPSA) is 49.3 Å². The van der Waals surface area contributed by atoms with E-state index < -0.39 is 5.97 Å². The highest BCUT2D eigenvalue weighted by molar-refractivity contribution is 7.98. The van der Waals surface area contributed by atoms with Crippen LogP contribution in [0.5, 0.6) is 0 Å². The summed E-state index contributed by atoms with van der Waals surface area (Å²) in [4.78, 5) is 11.0. The molecule has 0 spiro atoms. The van der Waals surface area contributed by atoms with Crippen LogP contribution in [0.25, 0.3) is 0 Å². The first-order valence-electron chi connectivity index (χ1n) is 5.66. The van der Waals surface area contributed by atoms with Crippen LogP contribution in [-0.2, 0) is 6.54 Å². The smallest absolute Gasteiger partial charge is 0.336 e. The summed E-state index contributed by atoms with van der Waals surface area (Å²) < 4.78 is 0. The number of carbonyl (C=O) groups is 1. The maximum Gasteiger partial charge on any atom is 0.336 e. The summed E-state index contributed by atoms with van der Waals surface area (Å²) in [7, 11) is 0. The Kier molecular flexibility index (Phi) is 6.08. The lowest BCUT2D eigenvalue weighted by Crippen LogP contribution is -2.23. The molecule has 0 fully saturated rings. The van der Waals surface area contributed by atoms with Gasteiger partial charge in [0.05, 0.1) is 5.56 Å². The van der Waals surface area contributed by atoms with Crippen molar-refractivity contribution in [3.63, 3.8) is 0 Å². The number of thioether (sulfide) groups is 1. The van der Waals surface area contributed by atoms with Gasteiger partial charge in [0.25, 0.3) is 0 Å². The Morgan fingerprint density at radius 3 is 2.82 bits per heavy atom. The van der Waals surface area contributed by atoms with Crippen LogP contribution in [0.3, 0.4) is 0 Å². The molecular weight excluding hydrogens is 234 g/mol. The Morgan fingerprint density at radius 2 is 2.18 bits per heavy atom. The van der Waals surface area contributed by atoms with Crippen LogP contribution < -0.4 is 5.32 Å². The van der Waals surface area contributed by atoms with Crippen molar-refractivity contribution in [3.8, 4) is 0 Å². The lowest BCUT2D eigenvalue weighted by Gasteiger charge is -2.12. The Bertz CT molecular complexity index is 368. The molecule has 4 heteroatoms. The van der Waals surface area contributed by atoms with Crippen molar-refractivity contribution in [2.75, 3.05) is 18.6 Å². The van der Waals surface area contributed by atoms with Crippen LogP contribution >= 0.6 is 11.8 Å². The van der Waals surface area contributed by atoms with Crippen molar-refractivity contribution in [2.24, 2.45) is 5.92 Å². The average molecular weight is 253 g/mol. The van der Waals surface area contributed by atoms with Gasteiger partial charge in [0, 0.05) is 6.54 Å². The number of hydrogen-bond acceptors (Lipinski definition) is 3. The van der Waals surface area contributed by atoms with Crippen molar-refractivity contribution in [1.82, 2.24) is 5.32 Å². The van der Waals surface area contributed by atoms with Gasteiger partial charge in [-0.05, 0) is 36.1 Å². The van der Waals surface area contributed by atoms with Gasteiger partial charge in [-0.25, -0.2) is 4.79 Å². The largest absolute Gasteiger partial charge is 0.478 e. The molecule has 0 heterocycles. The summed E-state index contributed by atoms with van der Waals surface area (Å²) in [6.45, 7) is 3.71. The fraction of sp³-hybridized carbons (Fsp3) is 0.462. The third-order valence-electron chi connectivity index (χ3n) is 2.51. The normalized spacial score (nSPS) is 12.4. The fourth-order valence-corrected chi connectivity index (χ4v) is 2.37. The number of nitrogens with one attached hydrogen (secondary N) is 1. The second-order valence-electron chi connectivity index (χ2n) is 4.15. The third kappa shape index (κ3) is 4.79. The van der Waals surface area contributed by atoms with Crippen LogP contribution in [0.15, 0.2) is 24.3 Å². The standard InChI is InChI=1S/C13H19NO2S/c1-10(9-17-2)7-14-8-11-5-3-4-6-12(11)13(15)16/h3-6,10,14H,7-9H2,1-2H3,(H,15,16). The lowest BCUT2D eigenvalue weighted by atomic mass is 10.1. The zero-order valence-corrected chi connectivity index (χ0v) is 11.1. The van der Waals surface area contributed by atoms with Gasteiger partial charge in [-0.1, -0.05) is 25.1 Å². The highest BCUT2D eigenvalue weighted by atomic mass is 32.2. The van der Waals surface area contributed by atoms with E-state index in [1.807, 2.05) is 23.9 Å². The van der Waals surface area contributed by atoms with Crippen LogP contribution in [0.4, 0.5) is 0 Å². The number of hydrogen-bond donors (Lipinski definition) is 2. The zero-order chi connectivity index (χ0) is 12.7. The molecule has 0 amide bonds. The molecule has 17 heavy (non-hydrogen) atoms. The molecule has 0 saturated heterocycles. The number of rotatable bonds is 7. The molecule has 2 N–H and O–H groups in total. The molecule has 0 aliphatic carbocycles. The number of benzene rings is 1. The monoisotopic (exact) mass is 253 g/mol. The quantitative estimate of drug-likeness (QED) is 0.784. The summed E-state index contributed by atoms with van der Waals surface area (Å²) >= 11 is 1.83. The van der Waals surface area contributed by atoms with Gasteiger partial charge < -0.3 is 10.4 Å². The molecule has 0 aromatic heterocycles. The lowest BCUT2D eigenvalue weighted by molar-refractivity contribution is 0.0695. The molecule has 1 aromatic carbocycles. The first-order chi connectivity index (χ1) is 8.15. The molecule has 0 saturated carbocycles. The van der Waals surface area contributed by atoms with E-state index in [0.29, 0.717) is 18.0 Å². The first-order valence-corrected chi connectivity index (χ1v) is 7.05. The molecule has 1 rings (SSSR count). The molecule has 1 unspecified atom stereocenters. The average Bonchev–Trinajstić information content (AvgIpc) is 2.30. The summed E-state index contributed by atoms with van der Waals surface area (Å²) in [6, 6.07) is 7.12. The highest BCUT2D eigenvalue weighted by Gasteiger charge is 2.08. The second-order valence-corrected chi connectivity index (χ2v) is 5.06. The van der Waals surface area contributed by atoms with Gasteiger partial charge in [0.1, 0.15) is 0 Å². The predicted molar refractivity (Wildman–Crippen MR) is 72.7 cm³/mol. The van der Waals surface area contributed by atoms with Gasteiger partial charge in [0.15, 0.2) is 0 Å². The Labute approximate surface area is 107 Å². The van der Waals surface area contributed by atoms with E-state index in [0.717, 1.165) is 17.9 Å². The predicted octanol–water partition coefficient (Wildman–Crippen LogP) is 2.47. The van der Waals surface area contributed by atoms with E-state index in [1.54, 1.807) is 12.1 Å². The van der Waals surface area contributed by atoms with E-state index in [2.05, 4.69) is 18.5 Å². The fourth-order valence-electron chi connectivity index (χ4n) is 1.68. The molecule has 0 radical (unpaired) electrons. The van der Waals surface area contributed by atoms with Crippen LogP contribution in [-0.4, -0.2) is 29.6 Å². The summed E-state index contributed by atoms with van der Waals surface area (Å²) in [5.41, 5.74) is 1.23. The van der Waals surface area contributed by atoms with Gasteiger partial charge >= 0.3 is 5.97 Å². The van der Waals surface area contributed by atoms with Crippen LogP contribution in [0.2, 0.25) is 0 Å². The minimum atomic E-state index is -0.862. The molecule has 0 aliphatic heterocycles. The van der Waals surface area contributed by atoms with Gasteiger partial charge in [0.2, 0.25) is 0 Å². The summed E-state index contributed by atoms with van der Waals surface area (Å²) in [6.07, 6.45) is 2.09. The van der Waals surface area contributed by atoms with E-state index in [1.165, 1.54) is 0 Å². The third-order valence-corrected chi connectivity index (χ3v) is 3.41. The first kappa shape index (κ1) is 14.1. The molecule has 0 bridgehead atoms. The van der Waals surface area contributed by atoms with Crippen molar-refractivity contribution in [1.29, 1.82) is 0 Å². The van der Waals surface area contributed by atoms with E-state index in [4.69, 9.17) is 5.11 Å². The second kappa shape index (κ2) is 7.35. The van der Waals surface area contributed by atoms with Crippen LogP contribution in [0, 0.1) is 5.92 Å². The minimum absolute atomic E-state index is 0.387.